The monoisotopic (exact) mass is 292 g/mol. The van der Waals surface area contributed by atoms with Gasteiger partial charge in [0.25, 0.3) is 0 Å². The van der Waals surface area contributed by atoms with Gasteiger partial charge in [-0.1, -0.05) is 0 Å². The molecule has 5 heteroatoms. The van der Waals surface area contributed by atoms with Crippen molar-refractivity contribution in [2.45, 2.75) is 25.7 Å². The second kappa shape index (κ2) is 7.31. The van der Waals surface area contributed by atoms with E-state index < -0.39 is 0 Å². The number of primary amides is 1. The summed E-state index contributed by atoms with van der Waals surface area (Å²) in [5.41, 5.74) is 5.86. The van der Waals surface area contributed by atoms with Gasteiger partial charge in [0, 0.05) is 17.9 Å². The van der Waals surface area contributed by atoms with Gasteiger partial charge >= 0.3 is 0 Å². The van der Waals surface area contributed by atoms with Crippen LogP contribution in [0.2, 0.25) is 0 Å². The Balaban J connectivity index is 1.69. The summed E-state index contributed by atoms with van der Waals surface area (Å²) in [5.74, 6) is -0.492. The number of amides is 1. The zero-order valence-electron chi connectivity index (χ0n) is 12.1. The van der Waals surface area contributed by atoms with Crippen molar-refractivity contribution in [3.8, 4) is 0 Å². The molecule has 1 fully saturated rings. The molecule has 1 amide bonds. The molecule has 4 nitrogen and oxygen atoms in total. The molecule has 0 spiro atoms. The maximum absolute atomic E-state index is 12.8. The average Bonchev–Trinajstić information content (AvgIpc) is 2.48. The molecule has 0 bridgehead atoms. The maximum atomic E-state index is 12.8. The van der Waals surface area contributed by atoms with Gasteiger partial charge in [-0.3, -0.25) is 9.59 Å². The Kier molecular flexibility index (Phi) is 5.44. The molecule has 1 saturated heterocycles. The van der Waals surface area contributed by atoms with Crippen LogP contribution in [0.15, 0.2) is 24.3 Å². The summed E-state index contributed by atoms with van der Waals surface area (Å²) in [4.78, 5) is 25.3. The number of carbonyl (C=O) groups is 2. The summed E-state index contributed by atoms with van der Waals surface area (Å²) in [7, 11) is 0. The summed E-state index contributed by atoms with van der Waals surface area (Å²) in [6, 6.07) is 5.66. The molecule has 2 N–H and O–H groups in total. The van der Waals surface area contributed by atoms with E-state index in [9.17, 15) is 14.0 Å². The normalized spacial score (nSPS) is 16.8. The van der Waals surface area contributed by atoms with Gasteiger partial charge in [-0.05, 0) is 63.2 Å². The van der Waals surface area contributed by atoms with Gasteiger partial charge < -0.3 is 10.6 Å². The summed E-state index contributed by atoms with van der Waals surface area (Å²) < 4.78 is 12.8. The maximum Gasteiger partial charge on any atom is 0.220 e. The molecule has 0 radical (unpaired) electrons. The summed E-state index contributed by atoms with van der Waals surface area (Å²) in [5, 5.41) is 0. The lowest BCUT2D eigenvalue weighted by Gasteiger charge is -2.30. The van der Waals surface area contributed by atoms with Crippen molar-refractivity contribution in [3.63, 3.8) is 0 Å². The van der Waals surface area contributed by atoms with E-state index in [2.05, 4.69) is 4.90 Å². The highest BCUT2D eigenvalue weighted by molar-refractivity contribution is 5.95. The van der Waals surface area contributed by atoms with Crippen LogP contribution >= 0.6 is 0 Å². The van der Waals surface area contributed by atoms with Gasteiger partial charge in [-0.2, -0.15) is 0 Å². The third-order valence-corrected chi connectivity index (χ3v) is 4.03. The zero-order chi connectivity index (χ0) is 15.2. The van der Waals surface area contributed by atoms with Gasteiger partial charge in [0.15, 0.2) is 5.78 Å². The molecule has 1 aromatic rings. The second-order valence-corrected chi connectivity index (χ2v) is 5.55. The zero-order valence-corrected chi connectivity index (χ0v) is 12.1. The third-order valence-electron chi connectivity index (χ3n) is 4.03. The van der Waals surface area contributed by atoms with Crippen LogP contribution in [0.1, 0.15) is 36.0 Å². The van der Waals surface area contributed by atoms with Crippen molar-refractivity contribution < 1.29 is 14.0 Å². The molecule has 1 aliphatic rings. The Hall–Kier alpha value is -1.75. The molecule has 0 unspecified atom stereocenters. The van der Waals surface area contributed by atoms with Gasteiger partial charge in [0.2, 0.25) is 5.91 Å². The Bertz CT molecular complexity index is 494. The number of ketones is 1. The fourth-order valence-electron chi connectivity index (χ4n) is 2.68. The number of hydrogen-bond acceptors (Lipinski definition) is 3. The van der Waals surface area contributed by atoms with E-state index in [0.29, 0.717) is 12.0 Å². The van der Waals surface area contributed by atoms with Gasteiger partial charge in [0.05, 0.1) is 0 Å². The standard InChI is InChI=1S/C16H21FN2O2/c17-14-5-3-12(4-6-14)15(20)2-1-9-19-10-7-13(8-11-19)16(18)21/h3-6,13H,1-2,7-11H2,(H2,18,21). The number of halogens is 1. The van der Waals surface area contributed by atoms with Crippen LogP contribution in [0, 0.1) is 11.7 Å². The quantitative estimate of drug-likeness (QED) is 0.816. The van der Waals surface area contributed by atoms with Crippen molar-refractivity contribution in [1.82, 2.24) is 4.90 Å². The number of hydrogen-bond donors (Lipinski definition) is 1. The molecular formula is C16H21FN2O2. The first-order valence-electron chi connectivity index (χ1n) is 7.36. The van der Waals surface area contributed by atoms with E-state index in [0.717, 1.165) is 38.9 Å². The lowest BCUT2D eigenvalue weighted by atomic mass is 9.96. The van der Waals surface area contributed by atoms with E-state index >= 15 is 0 Å². The highest BCUT2D eigenvalue weighted by Crippen LogP contribution is 2.17. The third kappa shape index (κ3) is 4.63. The Morgan fingerprint density at radius 3 is 2.38 bits per heavy atom. The molecule has 21 heavy (non-hydrogen) atoms. The van der Waals surface area contributed by atoms with E-state index in [1.807, 2.05) is 0 Å². The van der Waals surface area contributed by atoms with Crippen molar-refractivity contribution in [2.24, 2.45) is 11.7 Å². The van der Waals surface area contributed by atoms with Crippen LogP contribution in [0.5, 0.6) is 0 Å². The number of nitrogens with zero attached hydrogens (tertiary/aromatic N) is 1. The van der Waals surface area contributed by atoms with Crippen LogP contribution in [-0.2, 0) is 4.79 Å². The Morgan fingerprint density at radius 2 is 1.81 bits per heavy atom. The first-order chi connectivity index (χ1) is 10.1. The van der Waals surface area contributed by atoms with Gasteiger partial charge in [-0.25, -0.2) is 4.39 Å². The van der Waals surface area contributed by atoms with Crippen LogP contribution in [0.3, 0.4) is 0 Å². The minimum absolute atomic E-state index is 0.00194. The topological polar surface area (TPSA) is 63.4 Å². The SMILES string of the molecule is NC(=O)C1CCN(CCCC(=O)c2ccc(F)cc2)CC1. The largest absolute Gasteiger partial charge is 0.369 e. The van der Waals surface area contributed by atoms with E-state index in [1.54, 1.807) is 0 Å². The molecule has 1 aliphatic heterocycles. The van der Waals surface area contributed by atoms with Crippen molar-refractivity contribution in [2.75, 3.05) is 19.6 Å². The predicted octanol–water partition coefficient (Wildman–Crippen LogP) is 1.99. The molecule has 0 saturated carbocycles. The molecule has 2 rings (SSSR count). The smallest absolute Gasteiger partial charge is 0.220 e. The number of benzene rings is 1. The van der Waals surface area contributed by atoms with Gasteiger partial charge in [0.1, 0.15) is 5.82 Å². The van der Waals surface area contributed by atoms with Crippen LogP contribution in [0.25, 0.3) is 0 Å². The molecule has 0 atom stereocenters. The minimum atomic E-state index is -0.330. The molecule has 114 valence electrons. The van der Waals surface area contributed by atoms with Crippen molar-refractivity contribution >= 4 is 11.7 Å². The number of carbonyl (C=O) groups excluding carboxylic acids is 2. The average molecular weight is 292 g/mol. The van der Waals surface area contributed by atoms with Crippen molar-refractivity contribution in [3.05, 3.63) is 35.6 Å². The fourth-order valence-corrected chi connectivity index (χ4v) is 2.68. The van der Waals surface area contributed by atoms with Crippen molar-refractivity contribution in [1.29, 1.82) is 0 Å². The fraction of sp³-hybridized carbons (Fsp3) is 0.500. The van der Waals surface area contributed by atoms with Crippen LogP contribution < -0.4 is 5.73 Å². The molecule has 1 heterocycles. The summed E-state index contributed by atoms with van der Waals surface area (Å²) in [6.45, 7) is 2.56. The molecule has 0 aromatic heterocycles. The highest BCUT2D eigenvalue weighted by atomic mass is 19.1. The number of nitrogens with two attached hydrogens (primary N) is 1. The molecule has 1 aromatic carbocycles. The molecule has 0 aliphatic carbocycles. The van der Waals surface area contributed by atoms with Gasteiger partial charge in [-0.15, -0.1) is 0 Å². The van der Waals surface area contributed by atoms with Crippen LogP contribution in [0.4, 0.5) is 4.39 Å². The number of Topliss-reactive ketones (excluding diaryl/α,β-unsaturated/α-hetero) is 1. The lowest BCUT2D eigenvalue weighted by molar-refractivity contribution is -0.123. The highest BCUT2D eigenvalue weighted by Gasteiger charge is 2.22. The van der Waals surface area contributed by atoms with Crippen LogP contribution in [-0.4, -0.2) is 36.2 Å². The minimum Gasteiger partial charge on any atom is -0.369 e. The second-order valence-electron chi connectivity index (χ2n) is 5.55. The predicted molar refractivity (Wildman–Crippen MR) is 78.3 cm³/mol. The Morgan fingerprint density at radius 1 is 1.19 bits per heavy atom. The first kappa shape index (κ1) is 15.6. The van der Waals surface area contributed by atoms with E-state index in [4.69, 9.17) is 5.73 Å². The first-order valence-corrected chi connectivity index (χ1v) is 7.36. The number of piperidine rings is 1. The van der Waals surface area contributed by atoms with E-state index in [-0.39, 0.29) is 23.4 Å². The van der Waals surface area contributed by atoms with E-state index in [1.165, 1.54) is 24.3 Å². The summed E-state index contributed by atoms with van der Waals surface area (Å²) in [6.07, 6.45) is 2.85. The lowest BCUT2D eigenvalue weighted by Crippen LogP contribution is -2.39. The Labute approximate surface area is 124 Å². The summed E-state index contributed by atoms with van der Waals surface area (Å²) >= 11 is 0. The molecular weight excluding hydrogens is 271 g/mol. The number of likely N-dealkylation sites (tertiary alicyclic amines) is 1. The number of rotatable bonds is 6.